The van der Waals surface area contributed by atoms with Crippen LogP contribution in [-0.4, -0.2) is 24.9 Å². The van der Waals surface area contributed by atoms with Crippen molar-refractivity contribution in [3.8, 4) is 0 Å². The molecular weight excluding hydrogens is 278 g/mol. The molecule has 5 nitrogen and oxygen atoms in total. The standard InChI is InChI=1S/C14H19N3O2.ClH/c1-2-15-8-10-5-3-4-6-12(10)17-14(19)11-7-13(18)16-9-11;/h3-6,11,15H,2,7-9H2,1H3,(H,16,18)(H,17,19);1H. The third kappa shape index (κ3) is 4.21. The lowest BCUT2D eigenvalue weighted by atomic mass is 10.1. The molecule has 6 heteroatoms. The highest BCUT2D eigenvalue weighted by Gasteiger charge is 2.28. The SMILES string of the molecule is CCNCc1ccccc1NC(=O)C1CNC(=O)C1.Cl. The van der Waals surface area contributed by atoms with E-state index < -0.39 is 0 Å². The topological polar surface area (TPSA) is 70.2 Å². The zero-order valence-corrected chi connectivity index (χ0v) is 12.3. The minimum Gasteiger partial charge on any atom is -0.355 e. The molecule has 3 N–H and O–H groups in total. The van der Waals surface area contributed by atoms with Gasteiger partial charge in [0.15, 0.2) is 0 Å². The Labute approximate surface area is 124 Å². The average molecular weight is 298 g/mol. The van der Waals surface area contributed by atoms with Gasteiger partial charge in [0.25, 0.3) is 0 Å². The number of carbonyl (C=O) groups is 2. The maximum absolute atomic E-state index is 12.1. The van der Waals surface area contributed by atoms with Gasteiger partial charge in [0.1, 0.15) is 0 Å². The molecule has 1 saturated heterocycles. The maximum atomic E-state index is 12.1. The molecule has 1 fully saturated rings. The third-order valence-corrected chi connectivity index (χ3v) is 3.19. The summed E-state index contributed by atoms with van der Waals surface area (Å²) in [5, 5.41) is 8.82. The number of para-hydroxylation sites is 1. The van der Waals surface area contributed by atoms with Crippen LogP contribution >= 0.6 is 12.4 Å². The van der Waals surface area contributed by atoms with E-state index in [1.165, 1.54) is 0 Å². The number of halogens is 1. The van der Waals surface area contributed by atoms with Crippen molar-refractivity contribution in [1.82, 2.24) is 10.6 Å². The molecule has 2 rings (SSSR count). The minimum absolute atomic E-state index is 0. The molecule has 1 aliphatic rings. The van der Waals surface area contributed by atoms with Gasteiger partial charge in [-0.05, 0) is 18.2 Å². The molecule has 0 aliphatic carbocycles. The Morgan fingerprint density at radius 3 is 2.80 bits per heavy atom. The maximum Gasteiger partial charge on any atom is 0.229 e. The summed E-state index contributed by atoms with van der Waals surface area (Å²) in [4.78, 5) is 23.2. The summed E-state index contributed by atoms with van der Waals surface area (Å²) in [6.45, 7) is 4.06. The highest BCUT2D eigenvalue weighted by molar-refractivity contribution is 5.97. The first-order chi connectivity index (χ1) is 9.20. The molecular formula is C14H20ClN3O2. The normalized spacial score (nSPS) is 17.2. The number of anilines is 1. The Morgan fingerprint density at radius 1 is 1.40 bits per heavy atom. The smallest absolute Gasteiger partial charge is 0.229 e. The van der Waals surface area contributed by atoms with Crippen LogP contribution in [0.1, 0.15) is 18.9 Å². The Hall–Kier alpha value is -1.59. The summed E-state index contributed by atoms with van der Waals surface area (Å²) in [5.74, 6) is -0.414. The van der Waals surface area contributed by atoms with E-state index in [1.807, 2.05) is 31.2 Å². The molecule has 0 saturated carbocycles. The lowest BCUT2D eigenvalue weighted by molar-refractivity contribution is -0.123. The second kappa shape index (κ2) is 7.87. The van der Waals surface area contributed by atoms with Gasteiger partial charge >= 0.3 is 0 Å². The monoisotopic (exact) mass is 297 g/mol. The van der Waals surface area contributed by atoms with Crippen molar-refractivity contribution in [2.45, 2.75) is 19.9 Å². The Bertz CT molecular complexity index is 479. The van der Waals surface area contributed by atoms with Crippen molar-refractivity contribution >= 4 is 29.9 Å². The van der Waals surface area contributed by atoms with Gasteiger partial charge in [0.2, 0.25) is 11.8 Å². The Kier molecular flexibility index (Phi) is 6.48. The van der Waals surface area contributed by atoms with Crippen LogP contribution in [0.3, 0.4) is 0 Å². The van der Waals surface area contributed by atoms with Crippen LogP contribution in [0.5, 0.6) is 0 Å². The molecule has 0 bridgehead atoms. The molecule has 20 heavy (non-hydrogen) atoms. The first-order valence-electron chi connectivity index (χ1n) is 6.57. The van der Waals surface area contributed by atoms with Gasteiger partial charge in [-0.2, -0.15) is 0 Å². The number of amides is 2. The van der Waals surface area contributed by atoms with E-state index in [0.29, 0.717) is 6.54 Å². The number of hydrogen-bond donors (Lipinski definition) is 3. The molecule has 1 aromatic carbocycles. The van der Waals surface area contributed by atoms with Gasteiger partial charge < -0.3 is 16.0 Å². The van der Waals surface area contributed by atoms with E-state index >= 15 is 0 Å². The van der Waals surface area contributed by atoms with Gasteiger partial charge in [-0.1, -0.05) is 25.1 Å². The van der Waals surface area contributed by atoms with Crippen molar-refractivity contribution < 1.29 is 9.59 Å². The summed E-state index contributed by atoms with van der Waals surface area (Å²) >= 11 is 0. The van der Waals surface area contributed by atoms with Crippen LogP contribution in [0, 0.1) is 5.92 Å². The highest BCUT2D eigenvalue weighted by Crippen LogP contribution is 2.18. The van der Waals surface area contributed by atoms with E-state index in [9.17, 15) is 9.59 Å². The van der Waals surface area contributed by atoms with Crippen molar-refractivity contribution in [3.63, 3.8) is 0 Å². The van der Waals surface area contributed by atoms with Crippen molar-refractivity contribution in [1.29, 1.82) is 0 Å². The number of hydrogen-bond acceptors (Lipinski definition) is 3. The molecule has 1 aliphatic heterocycles. The fourth-order valence-corrected chi connectivity index (χ4v) is 2.08. The van der Waals surface area contributed by atoms with Gasteiger partial charge in [0.05, 0.1) is 5.92 Å². The second-order valence-electron chi connectivity index (χ2n) is 4.63. The Morgan fingerprint density at radius 2 is 2.15 bits per heavy atom. The quantitative estimate of drug-likeness (QED) is 0.767. The summed E-state index contributed by atoms with van der Waals surface area (Å²) < 4.78 is 0. The van der Waals surface area contributed by atoms with Crippen LogP contribution < -0.4 is 16.0 Å². The van der Waals surface area contributed by atoms with E-state index in [2.05, 4.69) is 16.0 Å². The molecule has 1 atom stereocenters. The highest BCUT2D eigenvalue weighted by atomic mass is 35.5. The largest absolute Gasteiger partial charge is 0.355 e. The Balaban J connectivity index is 0.00000200. The fraction of sp³-hybridized carbons (Fsp3) is 0.429. The molecule has 110 valence electrons. The first kappa shape index (κ1) is 16.5. The second-order valence-corrected chi connectivity index (χ2v) is 4.63. The zero-order chi connectivity index (χ0) is 13.7. The van der Waals surface area contributed by atoms with E-state index in [-0.39, 0.29) is 36.6 Å². The van der Waals surface area contributed by atoms with E-state index in [1.54, 1.807) is 0 Å². The number of carbonyl (C=O) groups excluding carboxylic acids is 2. The van der Waals surface area contributed by atoms with Crippen molar-refractivity contribution in [3.05, 3.63) is 29.8 Å². The summed E-state index contributed by atoms with van der Waals surface area (Å²) in [7, 11) is 0. The molecule has 0 spiro atoms. The van der Waals surface area contributed by atoms with Crippen LogP contribution in [0.4, 0.5) is 5.69 Å². The number of benzene rings is 1. The van der Waals surface area contributed by atoms with Crippen LogP contribution in [0.15, 0.2) is 24.3 Å². The average Bonchev–Trinajstić information content (AvgIpc) is 2.84. The minimum atomic E-state index is -0.264. The predicted octanol–water partition coefficient (Wildman–Crippen LogP) is 1.29. The summed E-state index contributed by atoms with van der Waals surface area (Å²) in [6, 6.07) is 7.71. The zero-order valence-electron chi connectivity index (χ0n) is 11.4. The predicted molar refractivity (Wildman–Crippen MR) is 80.8 cm³/mol. The van der Waals surface area contributed by atoms with Crippen LogP contribution in [0.25, 0.3) is 0 Å². The van der Waals surface area contributed by atoms with Gasteiger partial charge in [-0.3, -0.25) is 9.59 Å². The van der Waals surface area contributed by atoms with Crippen molar-refractivity contribution in [2.24, 2.45) is 5.92 Å². The summed E-state index contributed by atoms with van der Waals surface area (Å²) in [5.41, 5.74) is 1.86. The first-order valence-corrected chi connectivity index (χ1v) is 6.57. The molecule has 2 amide bonds. The molecule has 0 radical (unpaired) electrons. The lowest BCUT2D eigenvalue weighted by Gasteiger charge is -2.13. The van der Waals surface area contributed by atoms with Gasteiger partial charge in [-0.25, -0.2) is 0 Å². The van der Waals surface area contributed by atoms with Crippen molar-refractivity contribution in [2.75, 3.05) is 18.4 Å². The van der Waals surface area contributed by atoms with Crippen LogP contribution in [-0.2, 0) is 16.1 Å². The molecule has 0 aromatic heterocycles. The van der Waals surface area contributed by atoms with E-state index in [0.717, 1.165) is 24.3 Å². The number of nitrogens with one attached hydrogen (secondary N) is 3. The van der Waals surface area contributed by atoms with E-state index in [4.69, 9.17) is 0 Å². The fourth-order valence-electron chi connectivity index (χ4n) is 2.08. The third-order valence-electron chi connectivity index (χ3n) is 3.19. The molecule has 1 heterocycles. The lowest BCUT2D eigenvalue weighted by Crippen LogP contribution is -2.25. The van der Waals surface area contributed by atoms with Gasteiger partial charge in [0, 0.05) is 25.2 Å². The summed E-state index contributed by atoms with van der Waals surface area (Å²) in [6.07, 6.45) is 0.279. The molecule has 1 unspecified atom stereocenters. The van der Waals surface area contributed by atoms with Gasteiger partial charge in [-0.15, -0.1) is 12.4 Å². The van der Waals surface area contributed by atoms with Crippen LogP contribution in [0.2, 0.25) is 0 Å². The molecule has 1 aromatic rings. The number of rotatable bonds is 5.